The lowest BCUT2D eigenvalue weighted by molar-refractivity contribution is -0.115. The van der Waals surface area contributed by atoms with Crippen molar-refractivity contribution < 1.29 is 9.32 Å². The summed E-state index contributed by atoms with van der Waals surface area (Å²) in [5.74, 6) is 0.231. The zero-order valence-electron chi connectivity index (χ0n) is 5.96. The Balaban J connectivity index is 2.63. The van der Waals surface area contributed by atoms with Crippen molar-refractivity contribution in [1.82, 2.24) is 0 Å². The summed E-state index contributed by atoms with van der Waals surface area (Å²) < 4.78 is 4.93. The van der Waals surface area contributed by atoms with Crippen LogP contribution in [0.15, 0.2) is 11.6 Å². The Bertz CT molecular complexity index is 174. The molecule has 0 amide bonds. The Morgan fingerprint density at radius 3 is 2.90 bits per heavy atom. The molecular formula is C7H11O2P. The number of ketones is 1. The van der Waals surface area contributed by atoms with Crippen LogP contribution in [0, 0.1) is 0 Å². The van der Waals surface area contributed by atoms with Crippen LogP contribution >= 0.6 is 9.47 Å². The Morgan fingerprint density at radius 2 is 2.60 bits per heavy atom. The molecule has 0 aromatic carbocycles. The van der Waals surface area contributed by atoms with Crippen molar-refractivity contribution in [3.63, 3.8) is 0 Å². The second-order valence-electron chi connectivity index (χ2n) is 2.35. The van der Waals surface area contributed by atoms with E-state index < -0.39 is 0 Å². The second kappa shape index (κ2) is 3.27. The third-order valence-corrected chi connectivity index (χ3v) is 2.04. The number of carbonyl (C=O) groups is 1. The van der Waals surface area contributed by atoms with Crippen molar-refractivity contribution in [3.8, 4) is 0 Å². The van der Waals surface area contributed by atoms with Gasteiger partial charge in [-0.15, -0.1) is 0 Å². The van der Waals surface area contributed by atoms with E-state index in [9.17, 15) is 4.79 Å². The maximum absolute atomic E-state index is 11.0. The molecule has 0 heterocycles. The molecule has 2 nitrogen and oxygen atoms in total. The van der Waals surface area contributed by atoms with Gasteiger partial charge in [0.25, 0.3) is 0 Å². The minimum Gasteiger partial charge on any atom is -0.358 e. The molecule has 0 radical (unpaired) electrons. The largest absolute Gasteiger partial charge is 0.358 e. The smallest absolute Gasteiger partial charge is 0.161 e. The number of allylic oxidation sites excluding steroid dienone is 1. The molecule has 0 aromatic heterocycles. The molecule has 10 heavy (non-hydrogen) atoms. The van der Waals surface area contributed by atoms with E-state index in [1.54, 1.807) is 0 Å². The molecular weight excluding hydrogens is 147 g/mol. The van der Waals surface area contributed by atoms with E-state index in [1.807, 2.05) is 13.0 Å². The average molecular weight is 158 g/mol. The molecule has 1 rings (SSSR count). The molecule has 1 aliphatic rings. The molecule has 0 fully saturated rings. The van der Waals surface area contributed by atoms with Crippen molar-refractivity contribution in [3.05, 3.63) is 11.6 Å². The fourth-order valence-corrected chi connectivity index (χ4v) is 1.27. The van der Waals surface area contributed by atoms with Crippen LogP contribution in [0.3, 0.4) is 0 Å². The van der Waals surface area contributed by atoms with E-state index >= 15 is 0 Å². The third-order valence-electron chi connectivity index (χ3n) is 1.69. The summed E-state index contributed by atoms with van der Waals surface area (Å²) in [7, 11) is 2.18. The molecule has 56 valence electrons. The van der Waals surface area contributed by atoms with Gasteiger partial charge in [-0.1, -0.05) is 6.92 Å². The summed E-state index contributed by atoms with van der Waals surface area (Å²) in [6, 6.07) is 0. The molecule has 1 unspecified atom stereocenters. The van der Waals surface area contributed by atoms with Crippen LogP contribution in [0.5, 0.6) is 0 Å². The highest BCUT2D eigenvalue weighted by Gasteiger charge is 2.21. The first-order valence-electron chi connectivity index (χ1n) is 3.37. The van der Waals surface area contributed by atoms with Crippen molar-refractivity contribution in [2.24, 2.45) is 0 Å². The molecule has 0 aliphatic heterocycles. The molecule has 1 aliphatic carbocycles. The Labute approximate surface area is 62.9 Å². The second-order valence-corrected chi connectivity index (χ2v) is 2.62. The van der Waals surface area contributed by atoms with Gasteiger partial charge in [-0.3, -0.25) is 4.79 Å². The van der Waals surface area contributed by atoms with Gasteiger partial charge in [0, 0.05) is 15.9 Å². The summed E-state index contributed by atoms with van der Waals surface area (Å²) in [5.41, 5.74) is 0.910. The zero-order valence-corrected chi connectivity index (χ0v) is 7.12. The lowest BCUT2D eigenvalue weighted by atomic mass is 10.2. The predicted molar refractivity (Wildman–Crippen MR) is 42.6 cm³/mol. The Morgan fingerprint density at radius 1 is 1.90 bits per heavy atom. The number of carbonyl (C=O) groups excluding carboxylic acids is 1. The highest BCUT2D eigenvalue weighted by molar-refractivity contribution is 7.09. The van der Waals surface area contributed by atoms with Crippen LogP contribution < -0.4 is 0 Å². The topological polar surface area (TPSA) is 26.3 Å². The SMILES string of the molecule is CCC1=C[C@H](OP)CC1=O. The van der Waals surface area contributed by atoms with Gasteiger partial charge >= 0.3 is 0 Å². The van der Waals surface area contributed by atoms with Crippen molar-refractivity contribution in [2.75, 3.05) is 0 Å². The van der Waals surface area contributed by atoms with Crippen LogP contribution in [0.1, 0.15) is 19.8 Å². The monoisotopic (exact) mass is 158 g/mol. The molecule has 3 heteroatoms. The van der Waals surface area contributed by atoms with Gasteiger partial charge in [0.2, 0.25) is 0 Å². The van der Waals surface area contributed by atoms with Gasteiger partial charge in [0.05, 0.1) is 6.10 Å². The molecule has 0 saturated heterocycles. The Hall–Kier alpha value is -0.200. The first-order chi connectivity index (χ1) is 4.77. The average Bonchev–Trinajstić information content (AvgIpc) is 2.30. The molecule has 0 spiro atoms. The van der Waals surface area contributed by atoms with E-state index in [0.717, 1.165) is 12.0 Å². The number of rotatable bonds is 2. The van der Waals surface area contributed by atoms with Gasteiger partial charge in [0.1, 0.15) is 0 Å². The highest BCUT2D eigenvalue weighted by Crippen LogP contribution is 2.21. The summed E-state index contributed by atoms with van der Waals surface area (Å²) in [4.78, 5) is 11.0. The zero-order chi connectivity index (χ0) is 7.56. The van der Waals surface area contributed by atoms with Gasteiger partial charge in [-0.2, -0.15) is 0 Å². The summed E-state index contributed by atoms with van der Waals surface area (Å²) in [6.07, 6.45) is 3.25. The fraction of sp³-hybridized carbons (Fsp3) is 0.571. The van der Waals surface area contributed by atoms with Crippen LogP contribution in [0.4, 0.5) is 0 Å². The number of Topliss-reactive ketones (excluding diaryl/α,β-unsaturated/α-hetero) is 1. The molecule has 0 bridgehead atoms. The van der Waals surface area contributed by atoms with Gasteiger partial charge in [0.15, 0.2) is 5.78 Å². The van der Waals surface area contributed by atoms with Crippen molar-refractivity contribution in [2.45, 2.75) is 25.9 Å². The van der Waals surface area contributed by atoms with Gasteiger partial charge < -0.3 is 4.52 Å². The lowest BCUT2D eigenvalue weighted by Gasteiger charge is -1.99. The first-order valence-corrected chi connectivity index (χ1v) is 3.84. The molecule has 0 saturated carbocycles. The molecule has 0 aromatic rings. The minimum atomic E-state index is 0.00690. The van der Waals surface area contributed by atoms with E-state index in [1.165, 1.54) is 0 Å². The van der Waals surface area contributed by atoms with Crippen molar-refractivity contribution in [1.29, 1.82) is 0 Å². The maximum Gasteiger partial charge on any atom is 0.161 e. The lowest BCUT2D eigenvalue weighted by Crippen LogP contribution is -2.02. The van der Waals surface area contributed by atoms with Gasteiger partial charge in [-0.05, 0) is 18.1 Å². The van der Waals surface area contributed by atoms with Crippen LogP contribution in [0.2, 0.25) is 0 Å². The predicted octanol–water partition coefficient (Wildman–Crippen LogP) is 1.47. The maximum atomic E-state index is 11.0. The van der Waals surface area contributed by atoms with Crippen LogP contribution in [-0.2, 0) is 9.32 Å². The van der Waals surface area contributed by atoms with Crippen LogP contribution in [0.25, 0.3) is 0 Å². The minimum absolute atomic E-state index is 0.00690. The quantitative estimate of drug-likeness (QED) is 0.569. The third kappa shape index (κ3) is 1.44. The Kier molecular flexibility index (Phi) is 2.58. The first kappa shape index (κ1) is 7.90. The summed E-state index contributed by atoms with van der Waals surface area (Å²) >= 11 is 0. The van der Waals surface area contributed by atoms with E-state index in [0.29, 0.717) is 6.42 Å². The molecule has 0 N–H and O–H groups in total. The highest BCUT2D eigenvalue weighted by atomic mass is 31.0. The fourth-order valence-electron chi connectivity index (χ4n) is 1.09. The van der Waals surface area contributed by atoms with E-state index in [4.69, 9.17) is 4.52 Å². The van der Waals surface area contributed by atoms with E-state index in [-0.39, 0.29) is 11.9 Å². The van der Waals surface area contributed by atoms with E-state index in [2.05, 4.69) is 9.47 Å². The number of hydrogen-bond donors (Lipinski definition) is 0. The summed E-state index contributed by atoms with van der Waals surface area (Å²) in [5, 5.41) is 0. The molecule has 2 atom stereocenters. The summed E-state index contributed by atoms with van der Waals surface area (Å²) in [6.45, 7) is 1.98. The van der Waals surface area contributed by atoms with Gasteiger partial charge in [-0.25, -0.2) is 0 Å². The van der Waals surface area contributed by atoms with Crippen LogP contribution in [-0.4, -0.2) is 11.9 Å². The van der Waals surface area contributed by atoms with Crippen molar-refractivity contribution >= 4 is 15.2 Å². The standard InChI is InChI=1S/C7H11O2P/c1-2-5-3-6(9-10)4-7(5)8/h3,6H,2,4,10H2,1H3/t6-/m0/s1. The number of hydrogen-bond acceptors (Lipinski definition) is 2. The normalized spacial score (nSPS) is 25.2.